The highest BCUT2D eigenvalue weighted by molar-refractivity contribution is 5.92. The molecule has 2 aromatic heterocycles. The van der Waals surface area contributed by atoms with Crippen molar-refractivity contribution in [3.63, 3.8) is 0 Å². The lowest BCUT2D eigenvalue weighted by Gasteiger charge is -2.05. The lowest BCUT2D eigenvalue weighted by atomic mass is 10.2. The predicted octanol–water partition coefficient (Wildman–Crippen LogP) is 1.46. The first-order valence-electron chi connectivity index (χ1n) is 6.75. The number of fused-ring (bicyclic) bond motifs is 1. The number of carbonyl (C=O) groups excluding carboxylic acids is 1. The fraction of sp³-hybridized carbons (Fsp3) is 0.200. The Morgan fingerprint density at radius 3 is 2.82 bits per heavy atom. The van der Waals surface area contributed by atoms with Crippen molar-refractivity contribution in [3.05, 3.63) is 57.5 Å². The first-order chi connectivity index (χ1) is 10.6. The smallest absolute Gasteiger partial charge is 0.287 e. The molecule has 1 aromatic carbocycles. The summed E-state index contributed by atoms with van der Waals surface area (Å²) in [6.07, 6.45) is 0. The van der Waals surface area contributed by atoms with Crippen LogP contribution in [0, 0.1) is 13.8 Å². The standard InChI is InChI=1S/C15H14N4O3/c1-8-11(9(2)22-19-8)7-16-15(21)13-17-12-6-4-3-5-10(12)14(20)18-13/h3-6H,7H2,1-2H3,(H,16,21)(H,17,18,20). The number of amides is 1. The van der Waals surface area contributed by atoms with Gasteiger partial charge in [0.2, 0.25) is 0 Å². The number of nitrogens with one attached hydrogen (secondary N) is 2. The molecule has 7 nitrogen and oxygen atoms in total. The number of nitrogens with zero attached hydrogens (tertiary/aromatic N) is 2. The Balaban J connectivity index is 1.85. The number of carbonyl (C=O) groups is 1. The molecule has 0 radical (unpaired) electrons. The summed E-state index contributed by atoms with van der Waals surface area (Å²) in [6.45, 7) is 3.84. The molecule has 3 aromatic rings. The van der Waals surface area contributed by atoms with E-state index in [1.807, 2.05) is 0 Å². The number of aryl methyl sites for hydroxylation is 2. The first kappa shape index (κ1) is 14.0. The van der Waals surface area contributed by atoms with Crippen molar-refractivity contribution in [2.24, 2.45) is 0 Å². The lowest BCUT2D eigenvalue weighted by molar-refractivity contribution is 0.0940. The number of aromatic nitrogens is 3. The second-order valence-corrected chi connectivity index (χ2v) is 4.92. The summed E-state index contributed by atoms with van der Waals surface area (Å²) in [6, 6.07) is 6.86. The van der Waals surface area contributed by atoms with Crippen molar-refractivity contribution in [1.82, 2.24) is 20.4 Å². The molecule has 0 bridgehead atoms. The zero-order valence-corrected chi connectivity index (χ0v) is 12.1. The van der Waals surface area contributed by atoms with Gasteiger partial charge in [-0.05, 0) is 26.0 Å². The molecule has 0 aliphatic heterocycles. The van der Waals surface area contributed by atoms with Gasteiger partial charge in [0.1, 0.15) is 5.76 Å². The number of hydrogen-bond donors (Lipinski definition) is 2. The quantitative estimate of drug-likeness (QED) is 0.762. The number of para-hydroxylation sites is 1. The molecule has 22 heavy (non-hydrogen) atoms. The zero-order valence-electron chi connectivity index (χ0n) is 12.1. The maximum absolute atomic E-state index is 12.2. The SMILES string of the molecule is Cc1noc(C)c1CNC(=O)c1nc2ccccc2c(=O)[nH]1. The van der Waals surface area contributed by atoms with E-state index >= 15 is 0 Å². The van der Waals surface area contributed by atoms with Crippen molar-refractivity contribution in [3.8, 4) is 0 Å². The Morgan fingerprint density at radius 1 is 1.32 bits per heavy atom. The summed E-state index contributed by atoms with van der Waals surface area (Å²) in [5, 5.41) is 6.97. The molecule has 0 aliphatic rings. The average Bonchev–Trinajstić information content (AvgIpc) is 2.83. The van der Waals surface area contributed by atoms with Gasteiger partial charge in [-0.2, -0.15) is 0 Å². The maximum atomic E-state index is 12.2. The van der Waals surface area contributed by atoms with E-state index in [1.165, 1.54) is 0 Å². The van der Waals surface area contributed by atoms with Gasteiger partial charge in [-0.3, -0.25) is 9.59 Å². The van der Waals surface area contributed by atoms with Gasteiger partial charge in [0.15, 0.2) is 5.82 Å². The van der Waals surface area contributed by atoms with Crippen molar-refractivity contribution < 1.29 is 9.32 Å². The van der Waals surface area contributed by atoms with Gasteiger partial charge < -0.3 is 14.8 Å². The minimum absolute atomic E-state index is 0.0181. The van der Waals surface area contributed by atoms with Gasteiger partial charge >= 0.3 is 0 Å². The molecular weight excluding hydrogens is 284 g/mol. The highest BCUT2D eigenvalue weighted by Gasteiger charge is 2.14. The Bertz CT molecular complexity index is 891. The van der Waals surface area contributed by atoms with Crippen LogP contribution in [-0.4, -0.2) is 21.0 Å². The topological polar surface area (TPSA) is 101 Å². The highest BCUT2D eigenvalue weighted by atomic mass is 16.5. The maximum Gasteiger partial charge on any atom is 0.287 e. The Kier molecular flexibility index (Phi) is 3.46. The summed E-state index contributed by atoms with van der Waals surface area (Å²) < 4.78 is 5.04. The van der Waals surface area contributed by atoms with Crippen molar-refractivity contribution >= 4 is 16.8 Å². The Hall–Kier alpha value is -2.96. The number of rotatable bonds is 3. The minimum atomic E-state index is -0.456. The van der Waals surface area contributed by atoms with Crippen LogP contribution in [0.25, 0.3) is 10.9 Å². The van der Waals surface area contributed by atoms with E-state index < -0.39 is 5.91 Å². The van der Waals surface area contributed by atoms with E-state index in [9.17, 15) is 9.59 Å². The van der Waals surface area contributed by atoms with Gasteiger partial charge in [0.25, 0.3) is 11.5 Å². The van der Waals surface area contributed by atoms with E-state index in [-0.39, 0.29) is 17.9 Å². The molecule has 2 heterocycles. The summed E-state index contributed by atoms with van der Waals surface area (Å²) in [4.78, 5) is 30.8. The largest absolute Gasteiger partial charge is 0.361 e. The lowest BCUT2D eigenvalue weighted by Crippen LogP contribution is -2.27. The fourth-order valence-corrected chi connectivity index (χ4v) is 2.20. The zero-order chi connectivity index (χ0) is 15.7. The summed E-state index contributed by atoms with van der Waals surface area (Å²) in [5.74, 6) is 0.177. The number of benzene rings is 1. The van der Waals surface area contributed by atoms with Crippen LogP contribution in [0.2, 0.25) is 0 Å². The van der Waals surface area contributed by atoms with Crippen LogP contribution in [0.4, 0.5) is 0 Å². The van der Waals surface area contributed by atoms with E-state index in [0.29, 0.717) is 16.7 Å². The molecule has 2 N–H and O–H groups in total. The van der Waals surface area contributed by atoms with Gasteiger partial charge in [-0.15, -0.1) is 0 Å². The normalized spacial score (nSPS) is 10.8. The molecule has 0 atom stereocenters. The minimum Gasteiger partial charge on any atom is -0.361 e. The van der Waals surface area contributed by atoms with Crippen LogP contribution >= 0.6 is 0 Å². The molecule has 112 valence electrons. The van der Waals surface area contributed by atoms with Crippen LogP contribution in [-0.2, 0) is 6.54 Å². The molecule has 0 saturated heterocycles. The monoisotopic (exact) mass is 298 g/mol. The van der Waals surface area contributed by atoms with E-state index in [0.717, 1.165) is 11.3 Å². The highest BCUT2D eigenvalue weighted by Crippen LogP contribution is 2.11. The molecule has 0 unspecified atom stereocenters. The Morgan fingerprint density at radius 2 is 2.09 bits per heavy atom. The predicted molar refractivity (Wildman–Crippen MR) is 79.5 cm³/mol. The van der Waals surface area contributed by atoms with Crippen molar-refractivity contribution in [2.45, 2.75) is 20.4 Å². The molecule has 0 spiro atoms. The fourth-order valence-electron chi connectivity index (χ4n) is 2.20. The summed E-state index contributed by atoms with van der Waals surface area (Å²) in [5.41, 5.74) is 1.68. The second kappa shape index (κ2) is 5.44. The van der Waals surface area contributed by atoms with Gasteiger partial charge in [-0.1, -0.05) is 17.3 Å². The van der Waals surface area contributed by atoms with Gasteiger partial charge in [0, 0.05) is 12.1 Å². The summed E-state index contributed by atoms with van der Waals surface area (Å²) in [7, 11) is 0. The van der Waals surface area contributed by atoms with Crippen LogP contribution in [0.5, 0.6) is 0 Å². The third kappa shape index (κ3) is 2.48. The molecule has 0 aliphatic carbocycles. The van der Waals surface area contributed by atoms with Crippen LogP contribution in [0.3, 0.4) is 0 Å². The summed E-state index contributed by atoms with van der Waals surface area (Å²) >= 11 is 0. The van der Waals surface area contributed by atoms with Gasteiger partial charge in [-0.25, -0.2) is 4.98 Å². The van der Waals surface area contributed by atoms with Crippen molar-refractivity contribution in [2.75, 3.05) is 0 Å². The number of H-pyrrole nitrogens is 1. The molecule has 3 rings (SSSR count). The molecule has 0 saturated carbocycles. The number of aromatic amines is 1. The van der Waals surface area contributed by atoms with Crippen LogP contribution < -0.4 is 10.9 Å². The van der Waals surface area contributed by atoms with Crippen molar-refractivity contribution in [1.29, 1.82) is 0 Å². The first-order valence-corrected chi connectivity index (χ1v) is 6.75. The third-order valence-electron chi connectivity index (χ3n) is 3.43. The van der Waals surface area contributed by atoms with Gasteiger partial charge in [0.05, 0.1) is 16.6 Å². The van der Waals surface area contributed by atoms with E-state index in [4.69, 9.17) is 4.52 Å². The third-order valence-corrected chi connectivity index (χ3v) is 3.43. The number of hydrogen-bond acceptors (Lipinski definition) is 5. The Labute approximate surface area is 125 Å². The second-order valence-electron chi connectivity index (χ2n) is 4.92. The molecule has 0 fully saturated rings. The van der Waals surface area contributed by atoms with E-state index in [2.05, 4.69) is 20.4 Å². The average molecular weight is 298 g/mol. The van der Waals surface area contributed by atoms with Crippen LogP contribution in [0.15, 0.2) is 33.6 Å². The van der Waals surface area contributed by atoms with Crippen LogP contribution in [0.1, 0.15) is 27.6 Å². The van der Waals surface area contributed by atoms with E-state index in [1.54, 1.807) is 38.1 Å². The molecule has 1 amide bonds. The molecule has 7 heteroatoms. The molecular formula is C15H14N4O3.